The van der Waals surface area contributed by atoms with Crippen molar-refractivity contribution in [2.75, 3.05) is 26.1 Å². The van der Waals surface area contributed by atoms with Crippen LogP contribution in [0, 0.1) is 23.0 Å². The third-order valence-corrected chi connectivity index (χ3v) is 4.87. The van der Waals surface area contributed by atoms with Gasteiger partial charge >= 0.3 is 0 Å². The van der Waals surface area contributed by atoms with Gasteiger partial charge in [0.1, 0.15) is 11.9 Å². The third kappa shape index (κ3) is 3.42. The van der Waals surface area contributed by atoms with Crippen LogP contribution in [0.5, 0.6) is 5.75 Å². The molecule has 0 spiro atoms. The first-order chi connectivity index (χ1) is 14.8. The highest BCUT2D eigenvalue weighted by molar-refractivity contribution is 5.85. The van der Waals surface area contributed by atoms with Gasteiger partial charge in [-0.3, -0.25) is 4.57 Å². The number of halogens is 2. The second-order valence-electron chi connectivity index (χ2n) is 7.09. The van der Waals surface area contributed by atoms with Gasteiger partial charge in [0.15, 0.2) is 22.9 Å². The Hall–Kier alpha value is -4.06. The van der Waals surface area contributed by atoms with Gasteiger partial charge in [-0.05, 0) is 30.3 Å². The summed E-state index contributed by atoms with van der Waals surface area (Å²) in [5.41, 5.74) is 2.30. The van der Waals surface area contributed by atoms with Crippen molar-refractivity contribution in [1.82, 2.24) is 19.5 Å². The minimum atomic E-state index is -0.677. The number of nitriles is 1. The molecule has 0 N–H and O–H groups in total. The molecule has 2 aromatic carbocycles. The number of benzene rings is 2. The first kappa shape index (κ1) is 20.2. The molecule has 156 valence electrons. The van der Waals surface area contributed by atoms with Crippen LogP contribution < -0.4 is 9.64 Å². The number of aryl methyl sites for hydroxylation is 1. The van der Waals surface area contributed by atoms with Crippen molar-refractivity contribution in [3.05, 3.63) is 53.6 Å². The molecule has 0 amide bonds. The van der Waals surface area contributed by atoms with Crippen LogP contribution in [0.15, 0.2) is 36.4 Å². The van der Waals surface area contributed by atoms with Crippen LogP contribution in [0.2, 0.25) is 0 Å². The molecule has 0 radical (unpaired) electrons. The molecular weight excluding hydrogens is 402 g/mol. The molecule has 4 rings (SSSR count). The average Bonchev–Trinajstić information content (AvgIpc) is 3.08. The van der Waals surface area contributed by atoms with Crippen molar-refractivity contribution in [2.45, 2.75) is 0 Å². The largest absolute Gasteiger partial charge is 0.494 e. The molecule has 7 nitrogen and oxygen atoms in total. The molecule has 0 aliphatic carbocycles. The fourth-order valence-electron chi connectivity index (χ4n) is 3.35. The third-order valence-electron chi connectivity index (χ3n) is 4.87. The molecule has 0 aliphatic rings. The Balaban J connectivity index is 2.03. The predicted molar refractivity (Wildman–Crippen MR) is 113 cm³/mol. The second kappa shape index (κ2) is 7.65. The first-order valence-electron chi connectivity index (χ1n) is 9.29. The van der Waals surface area contributed by atoms with E-state index in [2.05, 4.69) is 9.97 Å². The van der Waals surface area contributed by atoms with Crippen LogP contribution >= 0.6 is 0 Å². The number of nitrogens with zero attached hydrogens (tertiary/aromatic N) is 6. The lowest BCUT2D eigenvalue weighted by Crippen LogP contribution is -2.13. The Kier molecular flexibility index (Phi) is 4.99. The molecule has 0 unspecified atom stereocenters. The molecule has 0 fully saturated rings. The summed E-state index contributed by atoms with van der Waals surface area (Å²) in [5.74, 6) is -0.509. The van der Waals surface area contributed by atoms with Gasteiger partial charge in [0.25, 0.3) is 0 Å². The first-order valence-corrected chi connectivity index (χ1v) is 9.29. The van der Waals surface area contributed by atoms with Crippen LogP contribution in [0.3, 0.4) is 0 Å². The van der Waals surface area contributed by atoms with E-state index in [1.54, 1.807) is 29.8 Å². The number of aromatic nitrogens is 4. The quantitative estimate of drug-likeness (QED) is 0.498. The van der Waals surface area contributed by atoms with Crippen molar-refractivity contribution < 1.29 is 13.5 Å². The molecule has 0 saturated carbocycles. The number of fused-ring (bicyclic) bond motifs is 1. The highest BCUT2D eigenvalue weighted by Gasteiger charge is 2.20. The van der Waals surface area contributed by atoms with Crippen LogP contribution in [-0.4, -0.2) is 40.7 Å². The highest BCUT2D eigenvalue weighted by Crippen LogP contribution is 2.34. The highest BCUT2D eigenvalue weighted by atomic mass is 19.1. The summed E-state index contributed by atoms with van der Waals surface area (Å²) in [6.45, 7) is 0. The van der Waals surface area contributed by atoms with Gasteiger partial charge in [-0.15, -0.1) is 0 Å². The topological polar surface area (TPSA) is 79.9 Å². The van der Waals surface area contributed by atoms with E-state index in [9.17, 15) is 8.78 Å². The van der Waals surface area contributed by atoms with Gasteiger partial charge in [-0.1, -0.05) is 6.07 Å². The van der Waals surface area contributed by atoms with Gasteiger partial charge in [0, 0.05) is 32.3 Å². The number of ether oxygens (including phenoxy) is 1. The van der Waals surface area contributed by atoms with E-state index in [0.29, 0.717) is 39.8 Å². The van der Waals surface area contributed by atoms with Gasteiger partial charge in [-0.25, -0.2) is 18.7 Å². The molecule has 0 atom stereocenters. The number of methoxy groups -OCH3 is 1. The number of hydrogen-bond acceptors (Lipinski definition) is 6. The fourth-order valence-corrected chi connectivity index (χ4v) is 3.35. The zero-order chi connectivity index (χ0) is 22.3. The Morgan fingerprint density at radius 3 is 2.19 bits per heavy atom. The molecule has 2 heterocycles. The zero-order valence-corrected chi connectivity index (χ0v) is 17.3. The standard InChI is InChI=1S/C22H18F2N6O/c1-29(2)22-28-20-21(30(22)3)27-19(13-7-8-17(31-4)16(24)10-13)18(26-20)12-5-6-14(11-25)15(23)9-12/h5-10H,1-4H3. The minimum absolute atomic E-state index is 0.0810. The second-order valence-corrected chi connectivity index (χ2v) is 7.09. The molecule has 0 bridgehead atoms. The van der Waals surface area contributed by atoms with Gasteiger partial charge in [0.05, 0.1) is 24.1 Å². The molecule has 31 heavy (non-hydrogen) atoms. The van der Waals surface area contributed by atoms with E-state index in [-0.39, 0.29) is 11.3 Å². The van der Waals surface area contributed by atoms with Crippen molar-refractivity contribution >= 4 is 17.2 Å². The summed E-state index contributed by atoms with van der Waals surface area (Å²) in [5, 5.41) is 9.03. The summed E-state index contributed by atoms with van der Waals surface area (Å²) in [6, 6.07) is 10.4. The lowest BCUT2D eigenvalue weighted by Gasteiger charge is -2.12. The van der Waals surface area contributed by atoms with Gasteiger partial charge in [-0.2, -0.15) is 10.2 Å². The maximum Gasteiger partial charge on any atom is 0.208 e. The molecule has 2 aromatic heterocycles. The minimum Gasteiger partial charge on any atom is -0.494 e. The lowest BCUT2D eigenvalue weighted by molar-refractivity contribution is 0.386. The fraction of sp³-hybridized carbons (Fsp3) is 0.182. The number of rotatable bonds is 4. The Labute approximate surface area is 177 Å². The SMILES string of the molecule is COc1ccc(-c2nc3c(nc2-c2ccc(C#N)c(F)c2)nc(N(C)C)n3C)cc1F. The number of imidazole rings is 1. The summed E-state index contributed by atoms with van der Waals surface area (Å²) in [7, 11) is 6.88. The number of hydrogen-bond donors (Lipinski definition) is 0. The van der Waals surface area contributed by atoms with E-state index in [0.717, 1.165) is 0 Å². The molecule has 0 saturated heterocycles. The lowest BCUT2D eigenvalue weighted by atomic mass is 10.0. The van der Waals surface area contributed by atoms with Crippen molar-refractivity contribution in [3.63, 3.8) is 0 Å². The zero-order valence-electron chi connectivity index (χ0n) is 17.3. The summed E-state index contributed by atoms with van der Waals surface area (Å²) in [4.78, 5) is 15.7. The monoisotopic (exact) mass is 420 g/mol. The van der Waals surface area contributed by atoms with Crippen molar-refractivity contribution in [2.24, 2.45) is 7.05 Å². The molecule has 0 aliphatic heterocycles. The van der Waals surface area contributed by atoms with Crippen LogP contribution in [0.4, 0.5) is 14.7 Å². The Morgan fingerprint density at radius 2 is 1.61 bits per heavy atom. The summed E-state index contributed by atoms with van der Waals surface area (Å²) < 4.78 is 35.6. The maximum atomic E-state index is 14.4. The van der Waals surface area contributed by atoms with E-state index < -0.39 is 11.6 Å². The van der Waals surface area contributed by atoms with Crippen molar-refractivity contribution in [1.29, 1.82) is 5.26 Å². The Morgan fingerprint density at radius 1 is 0.968 bits per heavy atom. The summed E-state index contributed by atoms with van der Waals surface area (Å²) in [6.07, 6.45) is 0. The van der Waals surface area contributed by atoms with E-state index >= 15 is 0 Å². The summed E-state index contributed by atoms with van der Waals surface area (Å²) >= 11 is 0. The maximum absolute atomic E-state index is 14.4. The average molecular weight is 420 g/mol. The molecular formula is C22H18F2N6O. The molecule has 9 heteroatoms. The predicted octanol–water partition coefficient (Wildman–Crippen LogP) is 3.92. The van der Waals surface area contributed by atoms with E-state index in [4.69, 9.17) is 15.0 Å². The molecule has 4 aromatic rings. The van der Waals surface area contributed by atoms with Crippen LogP contribution in [0.1, 0.15) is 5.56 Å². The number of anilines is 1. The van der Waals surface area contributed by atoms with Crippen LogP contribution in [-0.2, 0) is 7.05 Å². The Bertz CT molecular complexity index is 1360. The normalized spacial score (nSPS) is 10.9. The van der Waals surface area contributed by atoms with E-state index in [1.165, 1.54) is 31.4 Å². The van der Waals surface area contributed by atoms with Gasteiger partial charge < -0.3 is 9.64 Å². The van der Waals surface area contributed by atoms with Crippen LogP contribution in [0.25, 0.3) is 33.8 Å². The smallest absolute Gasteiger partial charge is 0.208 e. The van der Waals surface area contributed by atoms with Gasteiger partial charge in [0.2, 0.25) is 5.95 Å². The van der Waals surface area contributed by atoms with E-state index in [1.807, 2.05) is 19.0 Å². The van der Waals surface area contributed by atoms with Crippen molar-refractivity contribution in [3.8, 4) is 34.3 Å².